The molecule has 3 aromatic carbocycles. The van der Waals surface area contributed by atoms with Crippen LogP contribution in [-0.4, -0.2) is 11.0 Å². The predicted molar refractivity (Wildman–Crippen MR) is 113 cm³/mol. The number of carbonyl (C=O) groups is 1. The lowest BCUT2D eigenvalue weighted by Gasteiger charge is -2.05. The Morgan fingerprint density at radius 3 is 2.50 bits per heavy atom. The van der Waals surface area contributed by atoms with Crippen LogP contribution in [0.4, 0.5) is 0 Å². The van der Waals surface area contributed by atoms with Crippen molar-refractivity contribution >= 4 is 17.2 Å². The minimum atomic E-state index is -0.0778. The van der Waals surface area contributed by atoms with Gasteiger partial charge in [-0.25, -0.2) is 0 Å². The van der Waals surface area contributed by atoms with Gasteiger partial charge in [0.1, 0.15) is 5.75 Å². The number of benzene rings is 3. The number of nitrogens with one attached hydrogen (secondary N) is 1. The highest BCUT2D eigenvalue weighted by atomic mass is 32.1. The van der Waals surface area contributed by atoms with Crippen LogP contribution in [0.2, 0.25) is 0 Å². The fraction of sp³-hybridized carbons (Fsp3) is 0.0417. The number of phenolic OH excluding ortho intramolecular Hbond substituents is 1. The van der Waals surface area contributed by atoms with Gasteiger partial charge in [0.05, 0.1) is 4.88 Å². The normalized spacial score (nSPS) is 10.6. The first-order chi connectivity index (χ1) is 13.7. The predicted octanol–water partition coefficient (Wildman–Crippen LogP) is 5.52. The standard InChI is InChI=1S/C24H18NO2S/c26-22-9-5-4-8-21(22)19-12-10-18(11-13-19)20-14-23(28-16-20)24(27)25-15-17-6-2-1-3-7-17/h1-2,4-14,16,26H,15H2,(H,25,27). The van der Waals surface area contributed by atoms with E-state index in [-0.39, 0.29) is 11.7 Å². The van der Waals surface area contributed by atoms with E-state index in [0.29, 0.717) is 11.4 Å². The Bertz CT molecular complexity index is 1090. The van der Waals surface area contributed by atoms with Crippen molar-refractivity contribution in [3.8, 4) is 28.0 Å². The summed E-state index contributed by atoms with van der Waals surface area (Å²) in [6.45, 7) is 0.485. The van der Waals surface area contributed by atoms with Gasteiger partial charge in [0, 0.05) is 12.1 Å². The Labute approximate surface area is 167 Å². The van der Waals surface area contributed by atoms with Gasteiger partial charge in [-0.05, 0) is 51.9 Å². The molecule has 0 spiro atoms. The molecular weight excluding hydrogens is 366 g/mol. The summed E-state index contributed by atoms with van der Waals surface area (Å²) in [6.07, 6.45) is 0. The van der Waals surface area contributed by atoms with E-state index in [1.54, 1.807) is 12.1 Å². The molecule has 137 valence electrons. The number of phenols is 1. The average Bonchev–Trinajstić information content (AvgIpc) is 3.24. The Morgan fingerprint density at radius 2 is 1.75 bits per heavy atom. The number of carbonyl (C=O) groups excluding carboxylic acids is 1. The van der Waals surface area contributed by atoms with Gasteiger partial charge in [-0.2, -0.15) is 0 Å². The second-order valence-electron chi connectivity index (χ2n) is 6.39. The maximum Gasteiger partial charge on any atom is 0.261 e. The van der Waals surface area contributed by atoms with Crippen LogP contribution in [0.5, 0.6) is 5.75 Å². The number of para-hydroxylation sites is 1. The Morgan fingerprint density at radius 1 is 0.964 bits per heavy atom. The molecule has 0 atom stereocenters. The monoisotopic (exact) mass is 384 g/mol. The molecule has 0 saturated heterocycles. The summed E-state index contributed by atoms with van der Waals surface area (Å²) < 4.78 is 0. The fourth-order valence-electron chi connectivity index (χ4n) is 2.98. The third-order valence-corrected chi connectivity index (χ3v) is 5.41. The largest absolute Gasteiger partial charge is 0.507 e. The topological polar surface area (TPSA) is 49.3 Å². The fourth-order valence-corrected chi connectivity index (χ4v) is 3.81. The molecule has 1 aromatic heterocycles. The molecule has 4 rings (SSSR count). The molecule has 0 saturated carbocycles. The summed E-state index contributed by atoms with van der Waals surface area (Å²) in [6, 6.07) is 27.7. The minimum absolute atomic E-state index is 0.0778. The Hall–Kier alpha value is -3.37. The van der Waals surface area contributed by atoms with Crippen LogP contribution in [0.3, 0.4) is 0 Å². The SMILES string of the molecule is O=C(NCc1c[c]ccc1)c1cc(-c2ccc(-c3ccccc3O)cc2)cs1. The zero-order valence-electron chi connectivity index (χ0n) is 15.1. The van der Waals surface area contributed by atoms with E-state index in [1.165, 1.54) is 11.3 Å². The van der Waals surface area contributed by atoms with Crippen molar-refractivity contribution in [1.29, 1.82) is 0 Å². The van der Waals surface area contributed by atoms with Crippen molar-refractivity contribution in [2.45, 2.75) is 6.54 Å². The molecule has 0 bridgehead atoms. The van der Waals surface area contributed by atoms with E-state index in [0.717, 1.165) is 27.8 Å². The van der Waals surface area contributed by atoms with E-state index >= 15 is 0 Å². The van der Waals surface area contributed by atoms with Gasteiger partial charge in [-0.3, -0.25) is 4.79 Å². The summed E-state index contributed by atoms with van der Waals surface area (Å²) >= 11 is 1.43. The van der Waals surface area contributed by atoms with Crippen LogP contribution in [-0.2, 0) is 6.54 Å². The first kappa shape index (κ1) is 18.0. The van der Waals surface area contributed by atoms with E-state index in [1.807, 2.05) is 72.1 Å². The maximum absolute atomic E-state index is 12.4. The van der Waals surface area contributed by atoms with Crippen molar-refractivity contribution in [2.75, 3.05) is 0 Å². The first-order valence-electron chi connectivity index (χ1n) is 8.91. The van der Waals surface area contributed by atoms with E-state index in [2.05, 4.69) is 11.4 Å². The highest BCUT2D eigenvalue weighted by Crippen LogP contribution is 2.31. The zero-order chi connectivity index (χ0) is 19.3. The van der Waals surface area contributed by atoms with Crippen molar-refractivity contribution in [3.63, 3.8) is 0 Å². The quantitative estimate of drug-likeness (QED) is 0.476. The van der Waals surface area contributed by atoms with Gasteiger partial charge >= 0.3 is 0 Å². The average molecular weight is 384 g/mol. The molecular formula is C24H18NO2S. The molecule has 2 N–H and O–H groups in total. The molecule has 4 heteroatoms. The summed E-state index contributed by atoms with van der Waals surface area (Å²) in [4.78, 5) is 13.1. The molecule has 3 nitrogen and oxygen atoms in total. The molecule has 1 radical (unpaired) electrons. The lowest BCUT2D eigenvalue weighted by Crippen LogP contribution is -2.21. The van der Waals surface area contributed by atoms with Crippen LogP contribution in [0.25, 0.3) is 22.3 Å². The Kier molecular flexibility index (Phi) is 5.22. The molecule has 0 aliphatic heterocycles. The van der Waals surface area contributed by atoms with Crippen LogP contribution < -0.4 is 5.32 Å². The van der Waals surface area contributed by atoms with Gasteiger partial charge < -0.3 is 10.4 Å². The van der Waals surface area contributed by atoms with E-state index < -0.39 is 0 Å². The first-order valence-corrected chi connectivity index (χ1v) is 9.79. The van der Waals surface area contributed by atoms with Crippen LogP contribution >= 0.6 is 11.3 Å². The zero-order valence-corrected chi connectivity index (χ0v) is 15.9. The number of rotatable bonds is 5. The van der Waals surface area contributed by atoms with Gasteiger partial charge in [-0.15, -0.1) is 11.3 Å². The van der Waals surface area contributed by atoms with Crippen LogP contribution in [0.1, 0.15) is 15.2 Å². The second kappa shape index (κ2) is 8.11. The van der Waals surface area contributed by atoms with Crippen molar-refractivity contribution < 1.29 is 9.90 Å². The summed E-state index contributed by atoms with van der Waals surface area (Å²) in [7, 11) is 0. The summed E-state index contributed by atoms with van der Waals surface area (Å²) in [5.74, 6) is 0.187. The number of hydrogen-bond acceptors (Lipinski definition) is 3. The summed E-state index contributed by atoms with van der Waals surface area (Å²) in [5, 5.41) is 14.9. The van der Waals surface area contributed by atoms with Crippen LogP contribution in [0, 0.1) is 6.07 Å². The van der Waals surface area contributed by atoms with Crippen molar-refractivity contribution in [2.24, 2.45) is 0 Å². The van der Waals surface area contributed by atoms with Crippen molar-refractivity contribution in [3.05, 3.63) is 101 Å². The molecule has 4 aromatic rings. The molecule has 1 amide bonds. The molecule has 0 fully saturated rings. The van der Waals surface area contributed by atoms with E-state index in [4.69, 9.17) is 0 Å². The smallest absolute Gasteiger partial charge is 0.261 e. The van der Waals surface area contributed by atoms with Crippen molar-refractivity contribution in [1.82, 2.24) is 5.32 Å². The second-order valence-corrected chi connectivity index (χ2v) is 7.30. The molecule has 0 aliphatic rings. The number of aromatic hydroxyl groups is 1. The number of hydrogen-bond donors (Lipinski definition) is 2. The van der Waals surface area contributed by atoms with Crippen LogP contribution in [0.15, 0.2) is 84.2 Å². The van der Waals surface area contributed by atoms with Gasteiger partial charge in [0.25, 0.3) is 5.91 Å². The van der Waals surface area contributed by atoms with Gasteiger partial charge in [0.2, 0.25) is 0 Å². The Balaban J connectivity index is 1.46. The molecule has 28 heavy (non-hydrogen) atoms. The minimum Gasteiger partial charge on any atom is -0.507 e. The molecule has 1 heterocycles. The van der Waals surface area contributed by atoms with Gasteiger partial charge in [-0.1, -0.05) is 60.7 Å². The lowest BCUT2D eigenvalue weighted by atomic mass is 10.0. The maximum atomic E-state index is 12.4. The highest BCUT2D eigenvalue weighted by Gasteiger charge is 2.11. The molecule has 0 unspecified atom stereocenters. The number of thiophene rings is 1. The number of amides is 1. The third-order valence-electron chi connectivity index (χ3n) is 4.48. The lowest BCUT2D eigenvalue weighted by molar-refractivity contribution is 0.0955. The van der Waals surface area contributed by atoms with Gasteiger partial charge in [0.15, 0.2) is 0 Å². The summed E-state index contributed by atoms with van der Waals surface area (Å²) in [5.41, 5.74) is 4.82. The molecule has 0 aliphatic carbocycles. The third kappa shape index (κ3) is 3.97. The highest BCUT2D eigenvalue weighted by molar-refractivity contribution is 7.12. The van der Waals surface area contributed by atoms with E-state index in [9.17, 15) is 9.90 Å².